The highest BCUT2D eigenvalue weighted by molar-refractivity contribution is 5.87. The summed E-state index contributed by atoms with van der Waals surface area (Å²) in [6, 6.07) is 24.8. The Balaban J connectivity index is 1.54. The lowest BCUT2D eigenvalue weighted by atomic mass is 10.0. The van der Waals surface area contributed by atoms with Gasteiger partial charge in [-0.15, -0.1) is 0 Å². The molecular weight excluding hydrogens is 351 g/mol. The molecule has 0 unspecified atom stereocenters. The predicted molar refractivity (Wildman–Crippen MR) is 108 cm³/mol. The van der Waals surface area contributed by atoms with Crippen LogP contribution in [0.25, 0.3) is 10.8 Å². The third-order valence-electron chi connectivity index (χ3n) is 4.73. The minimum atomic E-state index is -0.237. The fraction of sp³-hybridized carbons (Fsp3) is 0.125. The Morgan fingerprint density at radius 2 is 1.64 bits per heavy atom. The minimum Gasteiger partial charge on any atom is -0.488 e. The number of hydrogen-bond acceptors (Lipinski definition) is 2. The van der Waals surface area contributed by atoms with Gasteiger partial charge in [-0.05, 0) is 46.7 Å². The quantitative estimate of drug-likeness (QED) is 0.527. The molecule has 0 aliphatic rings. The molecular formula is C24H22FN2O+. The van der Waals surface area contributed by atoms with E-state index in [0.717, 1.165) is 35.7 Å². The molecule has 1 heterocycles. The van der Waals surface area contributed by atoms with Crippen LogP contribution in [0.4, 0.5) is 4.39 Å². The van der Waals surface area contributed by atoms with Gasteiger partial charge in [-0.2, -0.15) is 0 Å². The van der Waals surface area contributed by atoms with E-state index in [1.165, 1.54) is 22.9 Å². The smallest absolute Gasteiger partial charge is 0.129 e. The summed E-state index contributed by atoms with van der Waals surface area (Å²) in [5.74, 6) is 0.625. The Kier molecular flexibility index (Phi) is 5.59. The summed E-state index contributed by atoms with van der Waals surface area (Å²) in [6.45, 7) is 2.00. The molecule has 0 aliphatic carbocycles. The first-order valence-electron chi connectivity index (χ1n) is 9.39. The molecule has 4 heteroatoms. The SMILES string of the molecule is Fc1ccc(COc2ccc3ccccc3c2C[NH2+]Cc2ccccn2)cc1. The normalized spacial score (nSPS) is 10.9. The van der Waals surface area contributed by atoms with Crippen LogP contribution in [0.3, 0.4) is 0 Å². The summed E-state index contributed by atoms with van der Waals surface area (Å²) in [5.41, 5.74) is 3.16. The van der Waals surface area contributed by atoms with Crippen LogP contribution in [0.5, 0.6) is 5.75 Å². The second kappa shape index (κ2) is 8.63. The van der Waals surface area contributed by atoms with Gasteiger partial charge < -0.3 is 10.1 Å². The van der Waals surface area contributed by atoms with Crippen molar-refractivity contribution in [3.8, 4) is 5.75 Å². The van der Waals surface area contributed by atoms with Crippen LogP contribution in [0.2, 0.25) is 0 Å². The Morgan fingerprint density at radius 1 is 0.821 bits per heavy atom. The van der Waals surface area contributed by atoms with Crippen molar-refractivity contribution in [2.75, 3.05) is 0 Å². The average molecular weight is 373 g/mol. The molecule has 0 radical (unpaired) electrons. The van der Waals surface area contributed by atoms with E-state index in [1.54, 1.807) is 12.1 Å². The molecule has 140 valence electrons. The van der Waals surface area contributed by atoms with Gasteiger partial charge in [-0.25, -0.2) is 4.39 Å². The minimum absolute atomic E-state index is 0.237. The Morgan fingerprint density at radius 3 is 2.46 bits per heavy atom. The van der Waals surface area contributed by atoms with Gasteiger partial charge in [0.25, 0.3) is 0 Å². The maximum atomic E-state index is 13.1. The lowest BCUT2D eigenvalue weighted by Crippen LogP contribution is -2.80. The van der Waals surface area contributed by atoms with Crippen LogP contribution in [-0.4, -0.2) is 4.98 Å². The standard InChI is InChI=1S/C24H21FN2O/c25-20-11-8-18(9-12-20)17-28-24-13-10-19-5-1-2-7-22(19)23(24)16-26-15-21-6-3-4-14-27-21/h1-14,26H,15-17H2/p+1. The van der Waals surface area contributed by atoms with E-state index >= 15 is 0 Å². The lowest BCUT2D eigenvalue weighted by Gasteiger charge is -2.14. The van der Waals surface area contributed by atoms with E-state index in [9.17, 15) is 4.39 Å². The van der Waals surface area contributed by atoms with Crippen molar-refractivity contribution in [1.82, 2.24) is 4.98 Å². The van der Waals surface area contributed by atoms with Gasteiger partial charge in [0.15, 0.2) is 0 Å². The van der Waals surface area contributed by atoms with E-state index in [2.05, 4.69) is 28.5 Å². The van der Waals surface area contributed by atoms with E-state index in [1.807, 2.05) is 42.6 Å². The number of aromatic nitrogens is 1. The molecule has 4 rings (SSSR count). The van der Waals surface area contributed by atoms with Gasteiger partial charge in [0.2, 0.25) is 0 Å². The number of nitrogens with zero attached hydrogens (tertiary/aromatic N) is 1. The van der Waals surface area contributed by atoms with Gasteiger partial charge in [0, 0.05) is 6.20 Å². The zero-order valence-electron chi connectivity index (χ0n) is 15.5. The molecule has 0 spiro atoms. The highest BCUT2D eigenvalue weighted by Gasteiger charge is 2.11. The largest absolute Gasteiger partial charge is 0.488 e. The Labute approximate surface area is 163 Å². The summed E-state index contributed by atoms with van der Waals surface area (Å²) < 4.78 is 19.2. The van der Waals surface area contributed by atoms with Gasteiger partial charge in [-0.3, -0.25) is 4.98 Å². The summed E-state index contributed by atoms with van der Waals surface area (Å²) >= 11 is 0. The van der Waals surface area contributed by atoms with Crippen molar-refractivity contribution < 1.29 is 14.4 Å². The molecule has 0 saturated carbocycles. The summed E-state index contributed by atoms with van der Waals surface area (Å²) in [7, 11) is 0. The highest BCUT2D eigenvalue weighted by Crippen LogP contribution is 2.28. The summed E-state index contributed by atoms with van der Waals surface area (Å²) in [5, 5.41) is 4.61. The number of pyridine rings is 1. The van der Waals surface area contributed by atoms with E-state index in [-0.39, 0.29) is 5.82 Å². The molecule has 3 nitrogen and oxygen atoms in total. The molecule has 2 N–H and O–H groups in total. The van der Waals surface area contributed by atoms with Crippen molar-refractivity contribution >= 4 is 10.8 Å². The number of ether oxygens (including phenoxy) is 1. The van der Waals surface area contributed by atoms with E-state index < -0.39 is 0 Å². The summed E-state index contributed by atoms with van der Waals surface area (Å²) in [6.07, 6.45) is 1.82. The van der Waals surface area contributed by atoms with E-state index in [4.69, 9.17) is 4.74 Å². The number of rotatable bonds is 7. The van der Waals surface area contributed by atoms with Crippen molar-refractivity contribution in [3.63, 3.8) is 0 Å². The predicted octanol–water partition coefficient (Wildman–Crippen LogP) is 4.22. The topological polar surface area (TPSA) is 38.7 Å². The first kappa shape index (κ1) is 18.1. The lowest BCUT2D eigenvalue weighted by molar-refractivity contribution is -0.686. The molecule has 4 aromatic rings. The molecule has 0 saturated heterocycles. The van der Waals surface area contributed by atoms with Crippen LogP contribution in [0.15, 0.2) is 85.1 Å². The number of fused-ring (bicyclic) bond motifs is 1. The Hall–Kier alpha value is -3.24. The third kappa shape index (κ3) is 4.35. The first-order chi connectivity index (χ1) is 13.8. The van der Waals surface area contributed by atoms with Crippen LogP contribution < -0.4 is 10.1 Å². The molecule has 1 aromatic heterocycles. The zero-order chi connectivity index (χ0) is 19.2. The Bertz CT molecular complexity index is 1050. The van der Waals surface area contributed by atoms with Crippen molar-refractivity contribution in [2.45, 2.75) is 19.7 Å². The first-order valence-corrected chi connectivity index (χ1v) is 9.39. The third-order valence-corrected chi connectivity index (χ3v) is 4.73. The molecule has 0 fully saturated rings. The molecule has 0 atom stereocenters. The van der Waals surface area contributed by atoms with E-state index in [0.29, 0.717) is 6.61 Å². The second-order valence-electron chi connectivity index (χ2n) is 6.70. The van der Waals surface area contributed by atoms with Crippen molar-refractivity contribution in [1.29, 1.82) is 0 Å². The van der Waals surface area contributed by atoms with Gasteiger partial charge >= 0.3 is 0 Å². The number of nitrogens with two attached hydrogens (primary N) is 1. The van der Waals surface area contributed by atoms with Crippen LogP contribution in [0, 0.1) is 5.82 Å². The van der Waals surface area contributed by atoms with Crippen molar-refractivity contribution in [2.24, 2.45) is 0 Å². The van der Waals surface area contributed by atoms with Crippen LogP contribution in [0.1, 0.15) is 16.8 Å². The molecule has 28 heavy (non-hydrogen) atoms. The maximum Gasteiger partial charge on any atom is 0.129 e. The highest BCUT2D eigenvalue weighted by atomic mass is 19.1. The fourth-order valence-electron chi connectivity index (χ4n) is 3.29. The zero-order valence-corrected chi connectivity index (χ0v) is 15.5. The number of quaternary nitrogens is 1. The molecule has 3 aromatic carbocycles. The van der Waals surface area contributed by atoms with Crippen LogP contribution >= 0.6 is 0 Å². The fourth-order valence-corrected chi connectivity index (χ4v) is 3.29. The van der Waals surface area contributed by atoms with Crippen LogP contribution in [-0.2, 0) is 19.7 Å². The molecule has 0 aliphatic heterocycles. The number of halogens is 1. The number of hydrogen-bond donors (Lipinski definition) is 1. The second-order valence-corrected chi connectivity index (χ2v) is 6.70. The van der Waals surface area contributed by atoms with Gasteiger partial charge in [0.05, 0.1) is 11.3 Å². The summed E-state index contributed by atoms with van der Waals surface area (Å²) in [4.78, 5) is 4.38. The molecule has 0 bridgehead atoms. The van der Waals surface area contributed by atoms with Gasteiger partial charge in [-0.1, -0.05) is 48.5 Å². The molecule has 0 amide bonds. The monoisotopic (exact) mass is 373 g/mol. The maximum absolute atomic E-state index is 13.1. The van der Waals surface area contributed by atoms with Gasteiger partial charge in [0.1, 0.15) is 31.3 Å². The number of benzene rings is 3. The average Bonchev–Trinajstić information content (AvgIpc) is 2.75. The van der Waals surface area contributed by atoms with Crippen molar-refractivity contribution in [3.05, 3.63) is 108 Å².